The first-order valence-corrected chi connectivity index (χ1v) is 7.25. The van der Waals surface area contributed by atoms with Crippen molar-refractivity contribution in [3.63, 3.8) is 0 Å². The van der Waals surface area contributed by atoms with Gasteiger partial charge in [-0.25, -0.2) is 0 Å². The standard InChI is InChI=1S/C11H20S2/c12-8-11(6-3-7-11)9-13-10-4-1-2-5-10/h10,12H,1-9H2. The maximum absolute atomic E-state index is 4.50. The van der Waals surface area contributed by atoms with E-state index in [0.717, 1.165) is 11.0 Å². The molecule has 0 aromatic rings. The van der Waals surface area contributed by atoms with Crippen molar-refractivity contribution in [2.24, 2.45) is 5.41 Å². The second kappa shape index (κ2) is 4.48. The summed E-state index contributed by atoms with van der Waals surface area (Å²) < 4.78 is 0. The van der Waals surface area contributed by atoms with Crippen LogP contribution in [-0.4, -0.2) is 16.8 Å². The van der Waals surface area contributed by atoms with Crippen LogP contribution in [0.15, 0.2) is 0 Å². The molecule has 2 fully saturated rings. The summed E-state index contributed by atoms with van der Waals surface area (Å²) in [4.78, 5) is 0. The smallest absolute Gasteiger partial charge is 0.00472 e. The van der Waals surface area contributed by atoms with Gasteiger partial charge in [-0.2, -0.15) is 24.4 Å². The Morgan fingerprint density at radius 2 is 1.85 bits per heavy atom. The predicted octanol–water partition coefficient (Wildman–Crippen LogP) is 3.76. The van der Waals surface area contributed by atoms with Gasteiger partial charge in [-0.1, -0.05) is 19.3 Å². The van der Waals surface area contributed by atoms with Gasteiger partial charge in [0.25, 0.3) is 0 Å². The molecule has 0 nitrogen and oxygen atoms in total. The van der Waals surface area contributed by atoms with Crippen LogP contribution in [0.1, 0.15) is 44.9 Å². The molecule has 0 heterocycles. The second-order valence-electron chi connectivity index (χ2n) is 4.73. The van der Waals surface area contributed by atoms with E-state index in [1.807, 2.05) is 0 Å². The summed E-state index contributed by atoms with van der Waals surface area (Å²) in [5.74, 6) is 2.51. The van der Waals surface area contributed by atoms with Crippen LogP contribution in [0.2, 0.25) is 0 Å². The molecule has 0 N–H and O–H groups in total. The Hall–Kier alpha value is 0.700. The van der Waals surface area contributed by atoms with Crippen LogP contribution in [0.5, 0.6) is 0 Å². The molecule has 0 spiro atoms. The molecule has 0 aromatic heterocycles. The molecule has 2 saturated carbocycles. The number of thioether (sulfide) groups is 1. The number of hydrogen-bond acceptors (Lipinski definition) is 2. The van der Waals surface area contributed by atoms with E-state index in [1.54, 1.807) is 0 Å². The largest absolute Gasteiger partial charge is 0.179 e. The van der Waals surface area contributed by atoms with Crippen molar-refractivity contribution in [1.82, 2.24) is 0 Å². The molecule has 0 aromatic carbocycles. The Labute approximate surface area is 91.7 Å². The van der Waals surface area contributed by atoms with Gasteiger partial charge in [0.05, 0.1) is 0 Å². The monoisotopic (exact) mass is 216 g/mol. The third-order valence-corrected chi connectivity index (χ3v) is 6.07. The summed E-state index contributed by atoms with van der Waals surface area (Å²) in [7, 11) is 0. The lowest BCUT2D eigenvalue weighted by molar-refractivity contribution is 0.205. The van der Waals surface area contributed by atoms with Crippen LogP contribution in [0.25, 0.3) is 0 Å². The van der Waals surface area contributed by atoms with Crippen molar-refractivity contribution >= 4 is 24.4 Å². The van der Waals surface area contributed by atoms with Crippen LogP contribution in [0, 0.1) is 5.41 Å². The van der Waals surface area contributed by atoms with Gasteiger partial charge in [-0.05, 0) is 42.6 Å². The van der Waals surface area contributed by atoms with Gasteiger partial charge < -0.3 is 0 Å². The number of rotatable bonds is 4. The van der Waals surface area contributed by atoms with Gasteiger partial charge in [0, 0.05) is 5.25 Å². The molecule has 0 unspecified atom stereocenters. The molecule has 0 saturated heterocycles. The van der Waals surface area contributed by atoms with Crippen molar-refractivity contribution in [3.8, 4) is 0 Å². The number of thiol groups is 1. The summed E-state index contributed by atoms with van der Waals surface area (Å²) >= 11 is 6.74. The van der Waals surface area contributed by atoms with Crippen LogP contribution in [0.4, 0.5) is 0 Å². The molecule has 2 heteroatoms. The highest BCUT2D eigenvalue weighted by Gasteiger charge is 2.36. The average Bonchev–Trinajstić information content (AvgIpc) is 2.56. The molecule has 0 bridgehead atoms. The van der Waals surface area contributed by atoms with E-state index < -0.39 is 0 Å². The number of hydrogen-bond donors (Lipinski definition) is 1. The minimum Gasteiger partial charge on any atom is -0.179 e. The third kappa shape index (κ3) is 2.38. The van der Waals surface area contributed by atoms with E-state index in [9.17, 15) is 0 Å². The minimum atomic E-state index is 0.649. The van der Waals surface area contributed by atoms with Gasteiger partial charge in [-0.3, -0.25) is 0 Å². The Kier molecular flexibility index (Phi) is 3.52. The third-order valence-electron chi connectivity index (χ3n) is 3.68. The molecule has 0 radical (unpaired) electrons. The van der Waals surface area contributed by atoms with Gasteiger partial charge in [0.15, 0.2) is 0 Å². The van der Waals surface area contributed by atoms with Crippen LogP contribution in [0.3, 0.4) is 0 Å². The fraction of sp³-hybridized carbons (Fsp3) is 1.00. The van der Waals surface area contributed by atoms with E-state index in [1.165, 1.54) is 50.7 Å². The zero-order chi connectivity index (χ0) is 9.15. The van der Waals surface area contributed by atoms with Crippen molar-refractivity contribution < 1.29 is 0 Å². The molecule has 2 aliphatic rings. The maximum Gasteiger partial charge on any atom is 0.00472 e. The second-order valence-corrected chi connectivity index (χ2v) is 6.33. The summed E-state index contributed by atoms with van der Waals surface area (Å²) in [5.41, 5.74) is 0.649. The Morgan fingerprint density at radius 3 is 2.31 bits per heavy atom. The topological polar surface area (TPSA) is 0 Å². The van der Waals surface area contributed by atoms with Gasteiger partial charge >= 0.3 is 0 Å². The lowest BCUT2D eigenvalue weighted by Gasteiger charge is -2.41. The SMILES string of the molecule is SCC1(CSC2CCCC2)CCC1. The van der Waals surface area contributed by atoms with E-state index in [4.69, 9.17) is 0 Å². The summed E-state index contributed by atoms with van der Waals surface area (Å²) in [5, 5.41) is 0.998. The maximum atomic E-state index is 4.50. The molecular formula is C11H20S2. The minimum absolute atomic E-state index is 0.649. The quantitative estimate of drug-likeness (QED) is 0.698. The fourth-order valence-electron chi connectivity index (χ4n) is 2.37. The Balaban J connectivity index is 1.71. The predicted molar refractivity (Wildman–Crippen MR) is 64.9 cm³/mol. The van der Waals surface area contributed by atoms with Crippen molar-refractivity contribution in [1.29, 1.82) is 0 Å². The highest BCUT2D eigenvalue weighted by atomic mass is 32.2. The van der Waals surface area contributed by atoms with Gasteiger partial charge in [-0.15, -0.1) is 0 Å². The van der Waals surface area contributed by atoms with E-state index in [-0.39, 0.29) is 0 Å². The fourth-order valence-corrected chi connectivity index (χ4v) is 4.60. The molecule has 76 valence electrons. The molecule has 0 atom stereocenters. The van der Waals surface area contributed by atoms with E-state index in [2.05, 4.69) is 24.4 Å². The molecule has 0 amide bonds. The normalized spacial score (nSPS) is 27.5. The van der Waals surface area contributed by atoms with Gasteiger partial charge in [0.1, 0.15) is 0 Å². The van der Waals surface area contributed by atoms with Crippen molar-refractivity contribution in [3.05, 3.63) is 0 Å². The summed E-state index contributed by atoms with van der Waals surface area (Å²) in [6, 6.07) is 0. The Morgan fingerprint density at radius 1 is 1.15 bits per heavy atom. The highest BCUT2D eigenvalue weighted by Crippen LogP contribution is 2.46. The van der Waals surface area contributed by atoms with E-state index >= 15 is 0 Å². The molecular weight excluding hydrogens is 196 g/mol. The first-order valence-electron chi connectivity index (χ1n) is 5.57. The van der Waals surface area contributed by atoms with E-state index in [0.29, 0.717) is 5.41 Å². The zero-order valence-electron chi connectivity index (χ0n) is 8.30. The summed E-state index contributed by atoms with van der Waals surface area (Å²) in [6.07, 6.45) is 10.2. The molecule has 13 heavy (non-hydrogen) atoms. The average molecular weight is 216 g/mol. The highest BCUT2D eigenvalue weighted by molar-refractivity contribution is 8.00. The van der Waals surface area contributed by atoms with Crippen molar-refractivity contribution in [2.45, 2.75) is 50.2 Å². The Bertz CT molecular complexity index is 152. The molecule has 2 aliphatic carbocycles. The lowest BCUT2D eigenvalue weighted by atomic mass is 9.72. The lowest BCUT2D eigenvalue weighted by Crippen LogP contribution is -2.34. The van der Waals surface area contributed by atoms with Crippen molar-refractivity contribution in [2.75, 3.05) is 11.5 Å². The van der Waals surface area contributed by atoms with Gasteiger partial charge in [0.2, 0.25) is 0 Å². The first-order chi connectivity index (χ1) is 6.35. The molecule has 0 aliphatic heterocycles. The van der Waals surface area contributed by atoms with Crippen LogP contribution in [-0.2, 0) is 0 Å². The van der Waals surface area contributed by atoms with Crippen LogP contribution < -0.4 is 0 Å². The van der Waals surface area contributed by atoms with Crippen LogP contribution >= 0.6 is 24.4 Å². The zero-order valence-corrected chi connectivity index (χ0v) is 10.0. The first kappa shape index (κ1) is 10.2. The molecule has 2 rings (SSSR count). The summed E-state index contributed by atoms with van der Waals surface area (Å²) in [6.45, 7) is 0.